The van der Waals surface area contributed by atoms with E-state index in [1.54, 1.807) is 25.4 Å². The van der Waals surface area contributed by atoms with Gasteiger partial charge in [-0.3, -0.25) is 9.67 Å². The van der Waals surface area contributed by atoms with Crippen LogP contribution in [0.4, 0.5) is 8.78 Å². The van der Waals surface area contributed by atoms with Crippen LogP contribution in [0.5, 0.6) is 5.75 Å². The van der Waals surface area contributed by atoms with Crippen molar-refractivity contribution in [3.05, 3.63) is 83.2 Å². The van der Waals surface area contributed by atoms with Gasteiger partial charge in [0.15, 0.2) is 5.96 Å². The standard InChI is InChI=1S/C22H25F2N5O/c1-16-8-9-20(30-21(23)24)19(12-16)14-27-22(25-2)26-13-17-6-3-4-7-18(17)15-29-11-5-10-28-29/h3-12,21H,13-15H2,1-2H3,(H2,25,26,27). The molecule has 1 aromatic heterocycles. The zero-order valence-corrected chi connectivity index (χ0v) is 17.0. The largest absolute Gasteiger partial charge is 0.434 e. The number of benzene rings is 2. The third-order valence-electron chi connectivity index (χ3n) is 4.56. The number of aliphatic imine (C=N–C) groups is 1. The van der Waals surface area contributed by atoms with E-state index in [2.05, 4.69) is 31.5 Å². The van der Waals surface area contributed by atoms with Crippen LogP contribution in [0.2, 0.25) is 0 Å². The molecule has 0 radical (unpaired) electrons. The Balaban J connectivity index is 1.62. The quantitative estimate of drug-likeness (QED) is 0.437. The first-order valence-corrected chi connectivity index (χ1v) is 9.58. The van der Waals surface area contributed by atoms with Gasteiger partial charge in [0, 0.05) is 38.1 Å². The molecule has 0 aliphatic carbocycles. The number of guanidine groups is 1. The molecule has 0 amide bonds. The highest BCUT2D eigenvalue weighted by Crippen LogP contribution is 2.22. The Morgan fingerprint density at radius 2 is 1.80 bits per heavy atom. The van der Waals surface area contributed by atoms with Gasteiger partial charge in [0.05, 0.1) is 6.54 Å². The fourth-order valence-corrected chi connectivity index (χ4v) is 3.09. The molecule has 0 aliphatic heterocycles. The molecular formula is C22H25F2N5O. The minimum Gasteiger partial charge on any atom is -0.434 e. The molecule has 0 saturated heterocycles. The van der Waals surface area contributed by atoms with E-state index in [1.165, 1.54) is 0 Å². The summed E-state index contributed by atoms with van der Waals surface area (Å²) in [5.74, 6) is 0.719. The Hall–Kier alpha value is -3.42. The fourth-order valence-electron chi connectivity index (χ4n) is 3.09. The number of aryl methyl sites for hydroxylation is 1. The molecule has 3 rings (SSSR count). The fraction of sp³-hybridized carbons (Fsp3) is 0.273. The molecule has 0 bridgehead atoms. The van der Waals surface area contributed by atoms with E-state index >= 15 is 0 Å². The molecule has 3 aromatic rings. The highest BCUT2D eigenvalue weighted by molar-refractivity contribution is 5.79. The van der Waals surface area contributed by atoms with Gasteiger partial charge in [0.2, 0.25) is 0 Å². The van der Waals surface area contributed by atoms with Crippen LogP contribution in [0.25, 0.3) is 0 Å². The molecule has 0 atom stereocenters. The SMILES string of the molecule is CN=C(NCc1ccccc1Cn1cccn1)NCc1cc(C)ccc1OC(F)F. The number of hydrogen-bond donors (Lipinski definition) is 2. The molecule has 0 spiro atoms. The molecule has 2 N–H and O–H groups in total. The summed E-state index contributed by atoms with van der Waals surface area (Å²) in [6.45, 7) is 0.576. The summed E-state index contributed by atoms with van der Waals surface area (Å²) in [7, 11) is 1.66. The topological polar surface area (TPSA) is 63.5 Å². The van der Waals surface area contributed by atoms with Gasteiger partial charge >= 0.3 is 6.61 Å². The minimum absolute atomic E-state index is 0.156. The van der Waals surface area contributed by atoms with Gasteiger partial charge in [0.1, 0.15) is 5.75 Å². The number of halogens is 2. The lowest BCUT2D eigenvalue weighted by molar-refractivity contribution is -0.0504. The van der Waals surface area contributed by atoms with Gasteiger partial charge < -0.3 is 15.4 Å². The predicted molar refractivity (Wildman–Crippen MR) is 113 cm³/mol. The van der Waals surface area contributed by atoms with Crippen LogP contribution < -0.4 is 15.4 Å². The van der Waals surface area contributed by atoms with Gasteiger partial charge in [-0.2, -0.15) is 13.9 Å². The summed E-state index contributed by atoms with van der Waals surface area (Å²) in [4.78, 5) is 4.22. The molecule has 30 heavy (non-hydrogen) atoms. The molecule has 2 aromatic carbocycles. The number of nitrogens with one attached hydrogen (secondary N) is 2. The Labute approximate surface area is 174 Å². The smallest absolute Gasteiger partial charge is 0.387 e. The van der Waals surface area contributed by atoms with Crippen LogP contribution in [0.1, 0.15) is 22.3 Å². The van der Waals surface area contributed by atoms with Crippen molar-refractivity contribution >= 4 is 5.96 Å². The Kier molecular flexibility index (Phi) is 7.37. The Morgan fingerprint density at radius 3 is 2.47 bits per heavy atom. The monoisotopic (exact) mass is 413 g/mol. The van der Waals surface area contributed by atoms with Gasteiger partial charge in [-0.05, 0) is 30.2 Å². The van der Waals surface area contributed by atoms with E-state index in [0.717, 1.165) is 16.7 Å². The second-order valence-corrected chi connectivity index (χ2v) is 6.74. The van der Waals surface area contributed by atoms with E-state index < -0.39 is 6.61 Å². The van der Waals surface area contributed by atoms with E-state index in [9.17, 15) is 8.78 Å². The highest BCUT2D eigenvalue weighted by atomic mass is 19.3. The molecule has 0 saturated carbocycles. The predicted octanol–water partition coefficient (Wildman–Crippen LogP) is 3.71. The summed E-state index contributed by atoms with van der Waals surface area (Å²) in [5, 5.41) is 10.7. The van der Waals surface area contributed by atoms with Crippen LogP contribution in [-0.4, -0.2) is 29.4 Å². The van der Waals surface area contributed by atoms with Gasteiger partial charge in [-0.1, -0.05) is 42.0 Å². The third-order valence-corrected chi connectivity index (χ3v) is 4.56. The van der Waals surface area contributed by atoms with Crippen LogP contribution in [0.3, 0.4) is 0 Å². The first-order chi connectivity index (χ1) is 14.5. The van der Waals surface area contributed by atoms with E-state index in [0.29, 0.717) is 31.2 Å². The van der Waals surface area contributed by atoms with E-state index in [1.807, 2.05) is 48.1 Å². The zero-order chi connectivity index (χ0) is 21.3. The van der Waals surface area contributed by atoms with Crippen LogP contribution >= 0.6 is 0 Å². The van der Waals surface area contributed by atoms with Gasteiger partial charge in [-0.25, -0.2) is 0 Å². The maximum Gasteiger partial charge on any atom is 0.387 e. The van der Waals surface area contributed by atoms with Crippen molar-refractivity contribution < 1.29 is 13.5 Å². The van der Waals surface area contributed by atoms with Crippen molar-refractivity contribution in [1.29, 1.82) is 0 Å². The molecular weight excluding hydrogens is 388 g/mol. The highest BCUT2D eigenvalue weighted by Gasteiger charge is 2.11. The summed E-state index contributed by atoms with van der Waals surface area (Å²) < 4.78 is 31.8. The minimum atomic E-state index is -2.87. The molecule has 1 heterocycles. The Bertz CT molecular complexity index is 973. The maximum atomic E-state index is 12.7. The van der Waals surface area contributed by atoms with Crippen molar-refractivity contribution in [2.75, 3.05) is 7.05 Å². The molecule has 0 fully saturated rings. The lowest BCUT2D eigenvalue weighted by Crippen LogP contribution is -2.36. The van der Waals surface area contributed by atoms with Crippen molar-refractivity contribution in [2.45, 2.75) is 33.2 Å². The summed E-state index contributed by atoms with van der Waals surface area (Å²) in [5.41, 5.74) is 3.87. The van der Waals surface area contributed by atoms with E-state index in [4.69, 9.17) is 0 Å². The number of hydrogen-bond acceptors (Lipinski definition) is 3. The second-order valence-electron chi connectivity index (χ2n) is 6.74. The molecule has 8 heteroatoms. The van der Waals surface area contributed by atoms with Crippen molar-refractivity contribution in [1.82, 2.24) is 20.4 Å². The summed E-state index contributed by atoms with van der Waals surface area (Å²) in [6.07, 6.45) is 3.68. The van der Waals surface area contributed by atoms with Gasteiger partial charge in [-0.15, -0.1) is 0 Å². The third kappa shape index (κ3) is 6.04. The van der Waals surface area contributed by atoms with E-state index in [-0.39, 0.29) is 5.75 Å². The normalized spacial score (nSPS) is 11.6. The van der Waals surface area contributed by atoms with Gasteiger partial charge in [0.25, 0.3) is 0 Å². The van der Waals surface area contributed by atoms with Crippen LogP contribution in [-0.2, 0) is 19.6 Å². The lowest BCUT2D eigenvalue weighted by Gasteiger charge is -2.16. The second kappa shape index (κ2) is 10.4. The molecule has 158 valence electrons. The Morgan fingerprint density at radius 1 is 1.07 bits per heavy atom. The summed E-state index contributed by atoms with van der Waals surface area (Å²) in [6, 6.07) is 15.1. The number of alkyl halides is 2. The number of nitrogens with zero attached hydrogens (tertiary/aromatic N) is 3. The first kappa shape index (κ1) is 21.3. The van der Waals surface area contributed by atoms with Crippen molar-refractivity contribution in [3.63, 3.8) is 0 Å². The average Bonchev–Trinajstić information content (AvgIpc) is 3.24. The number of aromatic nitrogens is 2. The number of rotatable bonds is 8. The van der Waals surface area contributed by atoms with Crippen molar-refractivity contribution in [3.8, 4) is 5.75 Å². The molecule has 6 nitrogen and oxygen atoms in total. The average molecular weight is 413 g/mol. The number of ether oxygens (including phenoxy) is 1. The lowest BCUT2D eigenvalue weighted by atomic mass is 10.1. The maximum absolute atomic E-state index is 12.7. The summed E-state index contributed by atoms with van der Waals surface area (Å²) >= 11 is 0. The first-order valence-electron chi connectivity index (χ1n) is 9.58. The zero-order valence-electron chi connectivity index (χ0n) is 17.0. The molecule has 0 unspecified atom stereocenters. The molecule has 0 aliphatic rings. The van der Waals surface area contributed by atoms with Crippen LogP contribution in [0, 0.1) is 6.92 Å². The van der Waals surface area contributed by atoms with Crippen molar-refractivity contribution in [2.24, 2.45) is 4.99 Å². The van der Waals surface area contributed by atoms with Crippen LogP contribution in [0.15, 0.2) is 65.9 Å².